The third-order valence-corrected chi connectivity index (χ3v) is 2.92. The molecule has 0 aliphatic heterocycles. The molecular formula is C12H14BrNO4. The molecule has 0 fully saturated rings. The molecule has 0 saturated heterocycles. The topological polar surface area (TPSA) is 86.6 Å². The molecule has 6 heteroatoms. The summed E-state index contributed by atoms with van der Waals surface area (Å²) in [4.78, 5) is 22.8. The lowest BCUT2D eigenvalue weighted by Crippen LogP contribution is -2.44. The van der Waals surface area contributed by atoms with Crippen LogP contribution in [0.1, 0.15) is 24.2 Å². The zero-order valence-electron chi connectivity index (χ0n) is 9.98. The third-order valence-electron chi connectivity index (χ3n) is 2.42. The molecule has 0 bridgehead atoms. The van der Waals surface area contributed by atoms with Crippen molar-refractivity contribution in [2.45, 2.75) is 19.9 Å². The Labute approximate surface area is 113 Å². The second-order valence-corrected chi connectivity index (χ2v) is 5.11. The van der Waals surface area contributed by atoms with Crippen molar-refractivity contribution in [2.75, 3.05) is 0 Å². The molecule has 0 aromatic heterocycles. The Morgan fingerprint density at radius 2 is 1.94 bits per heavy atom. The van der Waals surface area contributed by atoms with Gasteiger partial charge in [0, 0.05) is 4.47 Å². The van der Waals surface area contributed by atoms with Gasteiger partial charge >= 0.3 is 5.97 Å². The van der Waals surface area contributed by atoms with E-state index in [0.717, 1.165) is 0 Å². The molecule has 1 aromatic rings. The number of carboxylic acids is 1. The smallest absolute Gasteiger partial charge is 0.326 e. The van der Waals surface area contributed by atoms with Crippen LogP contribution in [0.3, 0.4) is 0 Å². The van der Waals surface area contributed by atoms with Crippen LogP contribution in [0, 0.1) is 5.92 Å². The number of carbonyl (C=O) groups excluding carboxylic acids is 1. The van der Waals surface area contributed by atoms with E-state index in [-0.39, 0.29) is 17.2 Å². The number of aliphatic carboxylic acids is 1. The maximum absolute atomic E-state index is 11.8. The number of phenolic OH excluding ortho intramolecular Hbond substituents is 1. The fraction of sp³-hybridized carbons (Fsp3) is 0.333. The maximum Gasteiger partial charge on any atom is 0.326 e. The molecule has 0 saturated carbocycles. The quantitative estimate of drug-likeness (QED) is 0.793. The summed E-state index contributed by atoms with van der Waals surface area (Å²) in [6.07, 6.45) is 0. The van der Waals surface area contributed by atoms with E-state index in [1.807, 2.05) is 0 Å². The lowest BCUT2D eigenvalue weighted by atomic mass is 10.0. The largest absolute Gasteiger partial charge is 0.507 e. The second-order valence-electron chi connectivity index (χ2n) is 4.19. The van der Waals surface area contributed by atoms with E-state index in [2.05, 4.69) is 21.2 Å². The molecule has 1 aromatic carbocycles. The number of nitrogens with one attached hydrogen (secondary N) is 1. The summed E-state index contributed by atoms with van der Waals surface area (Å²) >= 11 is 3.16. The maximum atomic E-state index is 11.8. The van der Waals surface area contributed by atoms with Gasteiger partial charge in [0.2, 0.25) is 0 Å². The van der Waals surface area contributed by atoms with Gasteiger partial charge in [-0.2, -0.15) is 0 Å². The van der Waals surface area contributed by atoms with Crippen molar-refractivity contribution in [3.63, 3.8) is 0 Å². The fourth-order valence-corrected chi connectivity index (χ4v) is 1.78. The highest BCUT2D eigenvalue weighted by atomic mass is 79.9. The van der Waals surface area contributed by atoms with Crippen LogP contribution >= 0.6 is 15.9 Å². The predicted octanol–water partition coefficient (Wildman–Crippen LogP) is 1.99. The van der Waals surface area contributed by atoms with Crippen LogP contribution in [-0.2, 0) is 4.79 Å². The fourth-order valence-electron chi connectivity index (χ4n) is 1.43. The van der Waals surface area contributed by atoms with E-state index in [0.29, 0.717) is 4.47 Å². The normalized spacial score (nSPS) is 12.2. The molecule has 1 rings (SSSR count). The molecule has 0 spiro atoms. The Hall–Kier alpha value is -1.56. The van der Waals surface area contributed by atoms with Crippen molar-refractivity contribution in [3.05, 3.63) is 28.2 Å². The van der Waals surface area contributed by atoms with Crippen molar-refractivity contribution in [1.82, 2.24) is 5.32 Å². The van der Waals surface area contributed by atoms with Crippen LogP contribution in [0.5, 0.6) is 5.75 Å². The number of phenols is 1. The minimum Gasteiger partial charge on any atom is -0.507 e. The van der Waals surface area contributed by atoms with Gasteiger partial charge in [0.15, 0.2) is 0 Å². The van der Waals surface area contributed by atoms with Crippen LogP contribution in [0.25, 0.3) is 0 Å². The number of carboxylic acid groups (broad SMARTS) is 1. The zero-order chi connectivity index (χ0) is 13.9. The minimum atomic E-state index is -1.10. The van der Waals surface area contributed by atoms with Gasteiger partial charge in [-0.15, -0.1) is 0 Å². The number of carbonyl (C=O) groups is 2. The first-order chi connectivity index (χ1) is 8.32. The molecule has 3 N–H and O–H groups in total. The summed E-state index contributed by atoms with van der Waals surface area (Å²) in [5.74, 6) is -2.16. The molecule has 1 unspecified atom stereocenters. The van der Waals surface area contributed by atoms with Gasteiger partial charge in [0.1, 0.15) is 11.8 Å². The summed E-state index contributed by atoms with van der Waals surface area (Å²) in [5, 5.41) is 21.0. The molecule has 18 heavy (non-hydrogen) atoms. The third kappa shape index (κ3) is 3.46. The van der Waals surface area contributed by atoms with Crippen molar-refractivity contribution in [2.24, 2.45) is 5.92 Å². The first-order valence-corrected chi connectivity index (χ1v) is 6.14. The summed E-state index contributed by atoms with van der Waals surface area (Å²) in [5.41, 5.74) is 0.0464. The monoisotopic (exact) mass is 315 g/mol. The van der Waals surface area contributed by atoms with Crippen molar-refractivity contribution < 1.29 is 19.8 Å². The highest BCUT2D eigenvalue weighted by Crippen LogP contribution is 2.22. The van der Waals surface area contributed by atoms with Gasteiger partial charge in [-0.1, -0.05) is 29.8 Å². The van der Waals surface area contributed by atoms with Gasteiger partial charge < -0.3 is 15.5 Å². The summed E-state index contributed by atoms with van der Waals surface area (Å²) in [6.45, 7) is 3.39. The Bertz CT molecular complexity index is 473. The van der Waals surface area contributed by atoms with Gasteiger partial charge in [0.05, 0.1) is 5.56 Å². The van der Waals surface area contributed by atoms with Crippen molar-refractivity contribution >= 4 is 27.8 Å². The zero-order valence-corrected chi connectivity index (χ0v) is 11.6. The summed E-state index contributed by atoms with van der Waals surface area (Å²) in [7, 11) is 0. The molecule has 1 amide bonds. The molecule has 0 aliphatic carbocycles. The number of hydrogen-bond acceptors (Lipinski definition) is 3. The van der Waals surface area contributed by atoms with Crippen molar-refractivity contribution in [1.29, 1.82) is 0 Å². The van der Waals surface area contributed by atoms with E-state index in [4.69, 9.17) is 5.11 Å². The van der Waals surface area contributed by atoms with E-state index >= 15 is 0 Å². The molecule has 0 aliphatic rings. The Balaban J connectivity index is 2.91. The van der Waals surface area contributed by atoms with Gasteiger partial charge in [-0.3, -0.25) is 4.79 Å². The van der Waals surface area contributed by atoms with Crippen LogP contribution in [0.15, 0.2) is 22.7 Å². The first kappa shape index (κ1) is 14.5. The summed E-state index contributed by atoms with van der Waals surface area (Å²) < 4.78 is 0.634. The van der Waals surface area contributed by atoms with E-state index in [1.165, 1.54) is 12.1 Å². The number of amides is 1. The van der Waals surface area contributed by atoms with Crippen LogP contribution in [-0.4, -0.2) is 28.1 Å². The second kappa shape index (κ2) is 5.86. The molecule has 0 radical (unpaired) electrons. The first-order valence-electron chi connectivity index (χ1n) is 5.35. The lowest BCUT2D eigenvalue weighted by Gasteiger charge is -2.18. The van der Waals surface area contributed by atoms with Crippen LogP contribution in [0.4, 0.5) is 0 Å². The number of benzene rings is 1. The van der Waals surface area contributed by atoms with Crippen molar-refractivity contribution in [3.8, 4) is 5.75 Å². The number of aromatic hydroxyl groups is 1. The Morgan fingerprint density at radius 1 is 1.33 bits per heavy atom. The SMILES string of the molecule is CC(C)C(NC(=O)c1ccc(Br)cc1O)C(=O)O. The number of hydrogen-bond donors (Lipinski definition) is 3. The van der Waals surface area contributed by atoms with E-state index < -0.39 is 17.9 Å². The molecule has 1 atom stereocenters. The van der Waals surface area contributed by atoms with Gasteiger partial charge in [0.25, 0.3) is 5.91 Å². The highest BCUT2D eigenvalue weighted by Gasteiger charge is 2.24. The average molecular weight is 316 g/mol. The Kier molecular flexibility index (Phi) is 4.72. The minimum absolute atomic E-state index is 0.0464. The molecule has 98 valence electrons. The molecular weight excluding hydrogens is 302 g/mol. The summed E-state index contributed by atoms with van der Waals surface area (Å²) in [6, 6.07) is 3.41. The van der Waals surface area contributed by atoms with Crippen LogP contribution in [0.2, 0.25) is 0 Å². The van der Waals surface area contributed by atoms with Gasteiger partial charge in [-0.25, -0.2) is 4.79 Å². The average Bonchev–Trinajstić information content (AvgIpc) is 2.24. The predicted molar refractivity (Wildman–Crippen MR) is 69.5 cm³/mol. The van der Waals surface area contributed by atoms with E-state index in [1.54, 1.807) is 19.9 Å². The standard InChI is InChI=1S/C12H14BrNO4/c1-6(2)10(12(17)18)14-11(16)8-4-3-7(13)5-9(8)15/h3-6,10,15H,1-2H3,(H,14,16)(H,17,18). The molecule has 5 nitrogen and oxygen atoms in total. The Morgan fingerprint density at radius 3 is 2.39 bits per heavy atom. The van der Waals surface area contributed by atoms with Gasteiger partial charge in [-0.05, 0) is 24.1 Å². The van der Waals surface area contributed by atoms with E-state index in [9.17, 15) is 14.7 Å². The van der Waals surface area contributed by atoms with Crippen LogP contribution < -0.4 is 5.32 Å². The number of halogens is 1. The number of rotatable bonds is 4. The lowest BCUT2D eigenvalue weighted by molar-refractivity contribution is -0.140. The highest BCUT2D eigenvalue weighted by molar-refractivity contribution is 9.10. The molecule has 0 heterocycles.